The Hall–Kier alpha value is -0.780. The normalized spacial score (nSPS) is 19.2. The molecule has 0 spiro atoms. The quantitative estimate of drug-likeness (QED) is 0.568. The van der Waals surface area contributed by atoms with Crippen LogP contribution in [-0.4, -0.2) is 29.5 Å². The number of anilines is 1. The van der Waals surface area contributed by atoms with Crippen LogP contribution in [0.1, 0.15) is 12.8 Å². The van der Waals surface area contributed by atoms with E-state index in [1.807, 2.05) is 0 Å². The Kier molecular flexibility index (Phi) is 3.91. The number of nitrogens with one attached hydrogen (secondary N) is 1. The van der Waals surface area contributed by atoms with Crippen molar-refractivity contribution in [3.63, 3.8) is 0 Å². The summed E-state index contributed by atoms with van der Waals surface area (Å²) in [5.74, 6) is 0.252. The second-order valence-electron chi connectivity index (χ2n) is 4.48. The molecule has 2 rings (SSSR count). The topological polar surface area (TPSA) is 58.3 Å². The van der Waals surface area contributed by atoms with E-state index in [-0.39, 0.29) is 5.82 Å². The number of aliphatic hydroxyl groups is 1. The van der Waals surface area contributed by atoms with Crippen molar-refractivity contribution in [3.8, 4) is 0 Å². The summed E-state index contributed by atoms with van der Waals surface area (Å²) in [6.45, 7) is 1.67. The van der Waals surface area contributed by atoms with Crippen LogP contribution in [0.3, 0.4) is 0 Å². The first-order valence-corrected chi connectivity index (χ1v) is 6.68. The summed E-state index contributed by atoms with van der Waals surface area (Å²) in [6, 6.07) is 4.48. The van der Waals surface area contributed by atoms with Crippen molar-refractivity contribution in [2.24, 2.45) is 0 Å². The molecule has 0 aliphatic carbocycles. The molecule has 1 heterocycles. The zero-order valence-electron chi connectivity index (χ0n) is 9.58. The van der Waals surface area contributed by atoms with Crippen molar-refractivity contribution in [2.45, 2.75) is 23.3 Å². The van der Waals surface area contributed by atoms with Crippen molar-refractivity contribution in [3.05, 3.63) is 24.0 Å². The van der Waals surface area contributed by atoms with E-state index in [1.165, 1.54) is 23.9 Å². The van der Waals surface area contributed by atoms with Crippen LogP contribution in [-0.2, 0) is 0 Å². The van der Waals surface area contributed by atoms with Crippen LogP contribution < -0.4 is 11.1 Å². The molecule has 0 amide bonds. The van der Waals surface area contributed by atoms with Gasteiger partial charge in [0.15, 0.2) is 0 Å². The van der Waals surface area contributed by atoms with E-state index in [4.69, 9.17) is 5.73 Å². The molecule has 1 aliphatic rings. The zero-order chi connectivity index (χ0) is 12.3. The van der Waals surface area contributed by atoms with Gasteiger partial charge in [-0.05, 0) is 44.1 Å². The number of hydrogen-bond donors (Lipinski definition) is 3. The van der Waals surface area contributed by atoms with E-state index in [2.05, 4.69) is 5.32 Å². The first kappa shape index (κ1) is 12.7. The van der Waals surface area contributed by atoms with Crippen LogP contribution >= 0.6 is 11.8 Å². The highest BCUT2D eigenvalue weighted by atomic mass is 32.2. The minimum Gasteiger partial charge on any atom is -0.399 e. The number of thioether (sulfide) groups is 1. The van der Waals surface area contributed by atoms with Crippen LogP contribution in [0, 0.1) is 5.82 Å². The third kappa shape index (κ3) is 3.59. The smallest absolute Gasteiger partial charge is 0.126 e. The van der Waals surface area contributed by atoms with Gasteiger partial charge in [0.25, 0.3) is 0 Å². The molecule has 0 radical (unpaired) electrons. The summed E-state index contributed by atoms with van der Waals surface area (Å²) < 4.78 is 13.1. The molecular formula is C12H17FN2OS. The highest BCUT2D eigenvalue weighted by Crippen LogP contribution is 2.29. The molecule has 0 atom stereocenters. The predicted molar refractivity (Wildman–Crippen MR) is 68.6 cm³/mol. The average molecular weight is 256 g/mol. The molecular weight excluding hydrogens is 239 g/mol. The van der Waals surface area contributed by atoms with Gasteiger partial charge in [-0.15, -0.1) is 11.8 Å². The van der Waals surface area contributed by atoms with Crippen molar-refractivity contribution < 1.29 is 9.50 Å². The lowest BCUT2D eigenvalue weighted by Crippen LogP contribution is -2.43. The van der Waals surface area contributed by atoms with E-state index < -0.39 is 5.60 Å². The third-order valence-corrected chi connectivity index (χ3v) is 4.19. The van der Waals surface area contributed by atoms with Crippen molar-refractivity contribution in [2.75, 3.05) is 24.6 Å². The minimum absolute atomic E-state index is 0.329. The molecule has 1 aliphatic heterocycles. The number of benzene rings is 1. The van der Waals surface area contributed by atoms with Crippen molar-refractivity contribution >= 4 is 17.4 Å². The van der Waals surface area contributed by atoms with Crippen LogP contribution in [0.15, 0.2) is 23.1 Å². The van der Waals surface area contributed by atoms with Crippen LogP contribution in [0.4, 0.5) is 10.1 Å². The lowest BCUT2D eigenvalue weighted by atomic mass is 9.95. The molecule has 4 N–H and O–H groups in total. The fraction of sp³-hybridized carbons (Fsp3) is 0.500. The second-order valence-corrected chi connectivity index (χ2v) is 5.53. The summed E-state index contributed by atoms with van der Waals surface area (Å²) in [6.07, 6.45) is 1.48. The lowest BCUT2D eigenvalue weighted by Gasteiger charge is -2.32. The minimum atomic E-state index is -0.642. The number of hydrogen-bond acceptors (Lipinski definition) is 4. The predicted octanol–water partition coefficient (Wildman–Crippen LogP) is 1.61. The maximum Gasteiger partial charge on any atom is 0.126 e. The summed E-state index contributed by atoms with van der Waals surface area (Å²) in [7, 11) is 0. The standard InChI is InChI=1S/C12H17FN2OS/c13-9-5-10(14)7-11(6-9)17-8-12(16)1-3-15-4-2-12/h5-7,15-16H,1-4,8,14H2. The molecule has 1 aromatic rings. The van der Waals surface area contributed by atoms with E-state index in [0.717, 1.165) is 30.8 Å². The van der Waals surface area contributed by atoms with E-state index in [1.54, 1.807) is 6.07 Å². The average Bonchev–Trinajstić information content (AvgIpc) is 2.26. The molecule has 0 aromatic heterocycles. The number of nitrogen functional groups attached to an aromatic ring is 1. The van der Waals surface area contributed by atoms with E-state index >= 15 is 0 Å². The van der Waals surface area contributed by atoms with Gasteiger partial charge in [0.05, 0.1) is 5.60 Å². The summed E-state index contributed by atoms with van der Waals surface area (Å²) in [5.41, 5.74) is 5.35. The lowest BCUT2D eigenvalue weighted by molar-refractivity contribution is 0.0339. The molecule has 1 saturated heterocycles. The molecule has 5 heteroatoms. The number of rotatable bonds is 3. The van der Waals surface area contributed by atoms with E-state index in [9.17, 15) is 9.50 Å². The largest absolute Gasteiger partial charge is 0.399 e. The molecule has 1 fully saturated rings. The number of halogens is 1. The SMILES string of the molecule is Nc1cc(F)cc(SCC2(O)CCNCC2)c1. The van der Waals surface area contributed by atoms with Crippen molar-refractivity contribution in [1.82, 2.24) is 5.32 Å². The monoisotopic (exact) mass is 256 g/mol. The van der Waals surface area contributed by atoms with Gasteiger partial charge in [0, 0.05) is 16.3 Å². The molecule has 17 heavy (non-hydrogen) atoms. The molecule has 0 saturated carbocycles. The summed E-state index contributed by atoms with van der Waals surface area (Å²) in [4.78, 5) is 0.773. The maximum absolute atomic E-state index is 13.1. The highest BCUT2D eigenvalue weighted by Gasteiger charge is 2.28. The Balaban J connectivity index is 1.96. The zero-order valence-corrected chi connectivity index (χ0v) is 10.4. The highest BCUT2D eigenvalue weighted by molar-refractivity contribution is 7.99. The molecule has 0 bridgehead atoms. The van der Waals surface area contributed by atoms with Crippen LogP contribution in [0.5, 0.6) is 0 Å². The van der Waals surface area contributed by atoms with Gasteiger partial charge >= 0.3 is 0 Å². The van der Waals surface area contributed by atoms with Gasteiger partial charge in [0.2, 0.25) is 0 Å². The van der Waals surface area contributed by atoms with Gasteiger partial charge in [-0.3, -0.25) is 0 Å². The van der Waals surface area contributed by atoms with Crippen LogP contribution in [0.2, 0.25) is 0 Å². The molecule has 1 aromatic carbocycles. The van der Waals surface area contributed by atoms with Crippen molar-refractivity contribution in [1.29, 1.82) is 0 Å². The Morgan fingerprint density at radius 1 is 1.35 bits per heavy atom. The number of piperidine rings is 1. The van der Waals surface area contributed by atoms with Gasteiger partial charge in [-0.1, -0.05) is 0 Å². The molecule has 94 valence electrons. The Bertz CT molecular complexity index is 374. The summed E-state index contributed by atoms with van der Waals surface area (Å²) in [5, 5.41) is 13.5. The van der Waals surface area contributed by atoms with Gasteiger partial charge in [0.1, 0.15) is 5.82 Å². The third-order valence-electron chi connectivity index (χ3n) is 2.94. The summed E-state index contributed by atoms with van der Waals surface area (Å²) >= 11 is 1.46. The first-order chi connectivity index (χ1) is 8.07. The fourth-order valence-corrected chi connectivity index (χ4v) is 3.06. The van der Waals surface area contributed by atoms with Crippen LogP contribution in [0.25, 0.3) is 0 Å². The van der Waals surface area contributed by atoms with Gasteiger partial charge in [-0.25, -0.2) is 4.39 Å². The fourth-order valence-electron chi connectivity index (χ4n) is 1.92. The second kappa shape index (κ2) is 5.25. The first-order valence-electron chi connectivity index (χ1n) is 5.69. The Labute approximate surface area is 105 Å². The van der Waals surface area contributed by atoms with E-state index in [0.29, 0.717) is 11.4 Å². The maximum atomic E-state index is 13.1. The molecule has 0 unspecified atom stereocenters. The Morgan fingerprint density at radius 3 is 2.71 bits per heavy atom. The molecule has 3 nitrogen and oxygen atoms in total. The Morgan fingerprint density at radius 2 is 2.06 bits per heavy atom. The van der Waals surface area contributed by atoms with Gasteiger partial charge < -0.3 is 16.2 Å². The number of nitrogens with two attached hydrogens (primary N) is 1. The van der Waals surface area contributed by atoms with Gasteiger partial charge in [-0.2, -0.15) is 0 Å².